The summed E-state index contributed by atoms with van der Waals surface area (Å²) >= 11 is 0. The second-order valence-electron chi connectivity index (χ2n) is 10.4. The molecule has 0 bridgehead atoms. The summed E-state index contributed by atoms with van der Waals surface area (Å²) < 4.78 is 11.3. The first-order chi connectivity index (χ1) is 15.6. The molecule has 1 saturated carbocycles. The SMILES string of the molecule is C/C1=C/C2=C(C(=O)[C@H](C)C2)C(=O)[C@@H](C)C[C@@H]2[C@H](CC1)[C@H]2CO[C@@H]1O[C@H](CO)[C@@H](O)[C@H](O)[C@H]1O. The van der Waals surface area contributed by atoms with E-state index >= 15 is 0 Å². The van der Waals surface area contributed by atoms with Crippen LogP contribution in [-0.2, 0) is 19.1 Å². The number of ether oxygens (including phenoxy) is 2. The van der Waals surface area contributed by atoms with Crippen LogP contribution in [0.2, 0.25) is 0 Å². The molecule has 4 rings (SSSR count). The van der Waals surface area contributed by atoms with Crippen LogP contribution >= 0.6 is 0 Å². The topological polar surface area (TPSA) is 134 Å². The van der Waals surface area contributed by atoms with Crippen molar-refractivity contribution in [3.8, 4) is 0 Å². The number of ketones is 2. The predicted octanol–water partition coefficient (Wildman–Crippen LogP) is 0.906. The molecule has 2 fully saturated rings. The zero-order valence-corrected chi connectivity index (χ0v) is 19.5. The van der Waals surface area contributed by atoms with Gasteiger partial charge in [0.1, 0.15) is 24.4 Å². The van der Waals surface area contributed by atoms with Crippen LogP contribution in [0, 0.1) is 29.6 Å². The van der Waals surface area contributed by atoms with Crippen LogP contribution in [-0.4, -0.2) is 75.9 Å². The van der Waals surface area contributed by atoms with Gasteiger partial charge in [0.2, 0.25) is 0 Å². The van der Waals surface area contributed by atoms with Crippen LogP contribution in [0.4, 0.5) is 0 Å². The second kappa shape index (κ2) is 9.68. The van der Waals surface area contributed by atoms with Gasteiger partial charge in [-0.1, -0.05) is 25.5 Å². The van der Waals surface area contributed by atoms with Crippen molar-refractivity contribution in [3.63, 3.8) is 0 Å². The summed E-state index contributed by atoms with van der Waals surface area (Å²) in [5, 5.41) is 39.5. The normalized spacial score (nSPS) is 45.7. The van der Waals surface area contributed by atoms with Crippen molar-refractivity contribution >= 4 is 11.6 Å². The molecule has 1 aliphatic heterocycles. The standard InChI is InChI=1S/C25H36O8/c1-11-4-5-15-16(8-13(3)21(28)19-14(6-11)7-12(2)20(19)27)17(15)10-32-25-24(31)23(30)22(29)18(9-26)33-25/h6,12-13,15-18,22-26,29-31H,4-5,7-10H2,1-3H3/b11-6-/t12-,13+,15+,16-,17-,18-,22-,23+,24-,25-/m1/s1. The van der Waals surface area contributed by atoms with E-state index in [1.807, 2.05) is 26.8 Å². The van der Waals surface area contributed by atoms with Gasteiger partial charge in [0.25, 0.3) is 0 Å². The fourth-order valence-corrected chi connectivity index (χ4v) is 5.83. The van der Waals surface area contributed by atoms with Crippen LogP contribution < -0.4 is 0 Å². The molecule has 0 amide bonds. The molecule has 4 N–H and O–H groups in total. The number of hydrogen-bond acceptors (Lipinski definition) is 8. The zero-order chi connectivity index (χ0) is 24.0. The maximum absolute atomic E-state index is 13.2. The Balaban J connectivity index is 1.43. The van der Waals surface area contributed by atoms with E-state index in [1.54, 1.807) is 0 Å². The minimum absolute atomic E-state index is 0.0417. The number of fused-ring (bicyclic) bond motifs is 1. The van der Waals surface area contributed by atoms with Crippen LogP contribution in [0.1, 0.15) is 46.5 Å². The van der Waals surface area contributed by atoms with Gasteiger partial charge in [-0.15, -0.1) is 0 Å². The molecular formula is C25H36O8. The minimum atomic E-state index is -1.47. The Morgan fingerprint density at radius 1 is 1.03 bits per heavy atom. The quantitative estimate of drug-likeness (QED) is 0.451. The van der Waals surface area contributed by atoms with Crippen LogP contribution in [0.5, 0.6) is 0 Å². The third-order valence-electron chi connectivity index (χ3n) is 7.96. The fraction of sp³-hybridized carbons (Fsp3) is 0.760. The number of rotatable bonds is 4. The van der Waals surface area contributed by atoms with E-state index in [0.717, 1.165) is 24.0 Å². The maximum Gasteiger partial charge on any atom is 0.186 e. The fourth-order valence-electron chi connectivity index (χ4n) is 5.83. The summed E-state index contributed by atoms with van der Waals surface area (Å²) in [6, 6.07) is 0. The summed E-state index contributed by atoms with van der Waals surface area (Å²) in [6.07, 6.45) is -1.30. The van der Waals surface area contributed by atoms with Crippen molar-refractivity contribution in [2.24, 2.45) is 29.6 Å². The molecule has 0 aromatic carbocycles. The van der Waals surface area contributed by atoms with Crippen molar-refractivity contribution < 1.29 is 39.5 Å². The van der Waals surface area contributed by atoms with E-state index in [4.69, 9.17) is 9.47 Å². The molecule has 10 atom stereocenters. The molecule has 1 heterocycles. The van der Waals surface area contributed by atoms with E-state index in [-0.39, 0.29) is 41.8 Å². The second-order valence-corrected chi connectivity index (χ2v) is 10.4. The first kappa shape index (κ1) is 24.7. The van der Waals surface area contributed by atoms with Gasteiger partial charge < -0.3 is 29.9 Å². The highest BCUT2D eigenvalue weighted by molar-refractivity contribution is 6.23. The third kappa shape index (κ3) is 4.74. The van der Waals surface area contributed by atoms with Gasteiger partial charge in [-0.3, -0.25) is 9.59 Å². The van der Waals surface area contributed by atoms with Crippen LogP contribution in [0.25, 0.3) is 0 Å². The maximum atomic E-state index is 13.2. The molecule has 0 aromatic rings. The molecule has 0 radical (unpaired) electrons. The smallest absolute Gasteiger partial charge is 0.186 e. The lowest BCUT2D eigenvalue weighted by Crippen LogP contribution is -2.59. The molecule has 3 aliphatic carbocycles. The Labute approximate surface area is 194 Å². The average molecular weight is 465 g/mol. The molecular weight excluding hydrogens is 428 g/mol. The Morgan fingerprint density at radius 2 is 1.73 bits per heavy atom. The lowest BCUT2D eigenvalue weighted by Gasteiger charge is -2.39. The number of carbonyl (C=O) groups is 2. The molecule has 8 heteroatoms. The predicted molar refractivity (Wildman–Crippen MR) is 118 cm³/mol. The van der Waals surface area contributed by atoms with Gasteiger partial charge in [-0.05, 0) is 55.9 Å². The molecule has 33 heavy (non-hydrogen) atoms. The summed E-state index contributed by atoms with van der Waals surface area (Å²) in [6.45, 7) is 5.60. The van der Waals surface area contributed by atoms with Crippen LogP contribution in [0.3, 0.4) is 0 Å². The summed E-state index contributed by atoms with van der Waals surface area (Å²) in [5.41, 5.74) is 2.44. The van der Waals surface area contributed by atoms with E-state index in [9.17, 15) is 30.0 Å². The molecule has 0 aromatic heterocycles. The summed E-state index contributed by atoms with van der Waals surface area (Å²) in [4.78, 5) is 25.9. The summed E-state index contributed by atoms with van der Waals surface area (Å²) in [7, 11) is 0. The van der Waals surface area contributed by atoms with E-state index in [0.29, 0.717) is 24.3 Å². The van der Waals surface area contributed by atoms with Crippen molar-refractivity contribution in [2.45, 2.75) is 77.2 Å². The Bertz CT molecular complexity index is 845. The zero-order valence-electron chi connectivity index (χ0n) is 19.5. The van der Waals surface area contributed by atoms with Crippen LogP contribution in [0.15, 0.2) is 22.8 Å². The lowest BCUT2D eigenvalue weighted by molar-refractivity contribution is -0.302. The molecule has 1 saturated heterocycles. The monoisotopic (exact) mass is 464 g/mol. The highest BCUT2D eigenvalue weighted by Crippen LogP contribution is 2.54. The number of aliphatic hydroxyl groups excluding tert-OH is 4. The van der Waals surface area contributed by atoms with Gasteiger partial charge >= 0.3 is 0 Å². The first-order valence-electron chi connectivity index (χ1n) is 12.0. The van der Waals surface area contributed by atoms with E-state index < -0.39 is 37.3 Å². The number of Topliss-reactive ketones (excluding diaryl/α,β-unsaturated/α-hetero) is 2. The van der Waals surface area contributed by atoms with E-state index in [2.05, 4.69) is 0 Å². The lowest BCUT2D eigenvalue weighted by atomic mass is 9.90. The van der Waals surface area contributed by atoms with Crippen molar-refractivity contribution in [3.05, 3.63) is 22.8 Å². The molecule has 4 aliphatic rings. The molecule has 8 nitrogen and oxygen atoms in total. The van der Waals surface area contributed by atoms with Crippen molar-refractivity contribution in [1.29, 1.82) is 0 Å². The minimum Gasteiger partial charge on any atom is -0.394 e. The highest BCUT2D eigenvalue weighted by atomic mass is 16.7. The largest absolute Gasteiger partial charge is 0.394 e. The Kier molecular flexibility index (Phi) is 7.24. The third-order valence-corrected chi connectivity index (χ3v) is 7.96. The van der Waals surface area contributed by atoms with Gasteiger partial charge in [0.05, 0.1) is 18.8 Å². The molecule has 184 valence electrons. The Morgan fingerprint density at radius 3 is 2.42 bits per heavy atom. The van der Waals surface area contributed by atoms with Gasteiger partial charge in [0.15, 0.2) is 17.9 Å². The number of allylic oxidation sites excluding steroid dienone is 4. The molecule has 0 unspecified atom stereocenters. The summed E-state index contributed by atoms with van der Waals surface area (Å²) in [5.74, 6) is 0.275. The first-order valence-corrected chi connectivity index (χ1v) is 12.0. The van der Waals surface area contributed by atoms with Gasteiger partial charge in [0, 0.05) is 11.8 Å². The van der Waals surface area contributed by atoms with E-state index in [1.165, 1.54) is 0 Å². The van der Waals surface area contributed by atoms with Crippen molar-refractivity contribution in [2.75, 3.05) is 13.2 Å². The number of aliphatic hydroxyl groups is 4. The Hall–Kier alpha value is -1.42. The number of hydrogen-bond donors (Lipinski definition) is 4. The van der Waals surface area contributed by atoms with Crippen molar-refractivity contribution in [1.82, 2.24) is 0 Å². The highest BCUT2D eigenvalue weighted by Gasteiger charge is 2.52. The molecule has 0 spiro atoms. The van der Waals surface area contributed by atoms with Gasteiger partial charge in [-0.25, -0.2) is 0 Å². The average Bonchev–Trinajstić information content (AvgIpc) is 3.36. The number of carbonyl (C=O) groups excluding carboxylic acids is 2. The van der Waals surface area contributed by atoms with Gasteiger partial charge in [-0.2, -0.15) is 0 Å².